The van der Waals surface area contributed by atoms with Gasteiger partial charge >= 0.3 is 0 Å². The molecule has 0 amide bonds. The average molecular weight is 426 g/mol. The van der Waals surface area contributed by atoms with Crippen molar-refractivity contribution in [2.45, 2.75) is 31.5 Å². The Labute approximate surface area is 177 Å². The lowest BCUT2D eigenvalue weighted by atomic mass is 10.1. The molecule has 2 aromatic carbocycles. The van der Waals surface area contributed by atoms with Crippen LogP contribution < -0.4 is 10.6 Å². The SMILES string of the molecule is CN=C(NCc1ccc(S(C)(=O)=O)c(C)c1)NCc1cnn(Cc2ccccc2)c1. The third-order valence-corrected chi connectivity index (χ3v) is 5.91. The van der Waals surface area contributed by atoms with Crippen LogP contribution in [0.2, 0.25) is 0 Å². The van der Waals surface area contributed by atoms with Gasteiger partial charge in [0, 0.05) is 38.2 Å². The molecular weight excluding hydrogens is 398 g/mol. The maximum atomic E-state index is 11.7. The van der Waals surface area contributed by atoms with Crippen LogP contribution in [0.5, 0.6) is 0 Å². The standard InChI is InChI=1S/C22H27N5O2S/c1-17-11-19(9-10-21(17)30(3,28)29)12-24-22(23-2)25-13-20-14-26-27(16-20)15-18-7-5-4-6-8-18/h4-11,14,16H,12-13,15H2,1-3H3,(H2,23,24,25). The maximum absolute atomic E-state index is 11.7. The first-order chi connectivity index (χ1) is 14.3. The van der Waals surface area contributed by atoms with Crippen LogP contribution in [0.4, 0.5) is 0 Å². The fourth-order valence-corrected chi connectivity index (χ4v) is 4.14. The summed E-state index contributed by atoms with van der Waals surface area (Å²) in [4.78, 5) is 4.61. The number of nitrogens with zero attached hydrogens (tertiary/aromatic N) is 3. The van der Waals surface area contributed by atoms with Crippen LogP contribution in [0, 0.1) is 6.92 Å². The average Bonchev–Trinajstić information content (AvgIpc) is 3.15. The molecule has 2 N–H and O–H groups in total. The van der Waals surface area contributed by atoms with Crippen molar-refractivity contribution in [1.29, 1.82) is 0 Å². The highest BCUT2D eigenvalue weighted by Crippen LogP contribution is 2.16. The van der Waals surface area contributed by atoms with Crippen LogP contribution in [0.1, 0.15) is 22.3 Å². The summed E-state index contributed by atoms with van der Waals surface area (Å²) in [5, 5.41) is 10.9. The summed E-state index contributed by atoms with van der Waals surface area (Å²) >= 11 is 0. The zero-order chi connectivity index (χ0) is 21.6. The third kappa shape index (κ3) is 5.93. The van der Waals surface area contributed by atoms with Gasteiger partial charge in [0.25, 0.3) is 0 Å². The van der Waals surface area contributed by atoms with E-state index in [1.807, 2.05) is 47.4 Å². The molecule has 158 valence electrons. The summed E-state index contributed by atoms with van der Waals surface area (Å²) in [5.41, 5.74) is 3.99. The van der Waals surface area contributed by atoms with E-state index < -0.39 is 9.84 Å². The maximum Gasteiger partial charge on any atom is 0.191 e. The minimum Gasteiger partial charge on any atom is -0.352 e. The molecule has 0 aliphatic rings. The molecule has 0 spiro atoms. The number of hydrogen-bond acceptors (Lipinski definition) is 4. The smallest absolute Gasteiger partial charge is 0.191 e. The second kappa shape index (κ2) is 9.58. The van der Waals surface area contributed by atoms with Crippen molar-refractivity contribution >= 4 is 15.8 Å². The van der Waals surface area contributed by atoms with Gasteiger partial charge in [-0.3, -0.25) is 9.67 Å². The number of rotatable bonds is 7. The van der Waals surface area contributed by atoms with Gasteiger partial charge < -0.3 is 10.6 Å². The molecule has 0 bridgehead atoms. The van der Waals surface area contributed by atoms with E-state index in [0.717, 1.165) is 23.2 Å². The van der Waals surface area contributed by atoms with Crippen LogP contribution in [0.25, 0.3) is 0 Å². The molecule has 0 saturated heterocycles. The molecule has 0 unspecified atom stereocenters. The lowest BCUT2D eigenvalue weighted by Crippen LogP contribution is -2.36. The Hall–Kier alpha value is -3.13. The van der Waals surface area contributed by atoms with Crippen molar-refractivity contribution in [3.63, 3.8) is 0 Å². The lowest BCUT2D eigenvalue weighted by molar-refractivity contribution is 0.601. The Morgan fingerprint density at radius 1 is 1.03 bits per heavy atom. The van der Waals surface area contributed by atoms with Gasteiger partial charge in [0.1, 0.15) is 0 Å². The fourth-order valence-electron chi connectivity index (χ4n) is 3.18. The molecular formula is C22H27N5O2S. The van der Waals surface area contributed by atoms with Crippen LogP contribution in [-0.4, -0.2) is 37.5 Å². The van der Waals surface area contributed by atoms with E-state index in [0.29, 0.717) is 23.9 Å². The van der Waals surface area contributed by atoms with Gasteiger partial charge in [-0.25, -0.2) is 8.42 Å². The number of benzene rings is 2. The van der Waals surface area contributed by atoms with Crippen LogP contribution in [-0.2, 0) is 29.5 Å². The Morgan fingerprint density at radius 3 is 2.37 bits per heavy atom. The molecule has 0 saturated carbocycles. The molecule has 0 aliphatic heterocycles. The van der Waals surface area contributed by atoms with Gasteiger partial charge in [-0.05, 0) is 29.7 Å². The number of aryl methyl sites for hydroxylation is 1. The molecule has 0 aliphatic carbocycles. The van der Waals surface area contributed by atoms with E-state index in [1.165, 1.54) is 11.8 Å². The van der Waals surface area contributed by atoms with Gasteiger partial charge in [-0.1, -0.05) is 42.5 Å². The molecule has 8 heteroatoms. The Bertz CT molecular complexity index is 1120. The van der Waals surface area contributed by atoms with Crippen molar-refractivity contribution in [1.82, 2.24) is 20.4 Å². The quantitative estimate of drug-likeness (QED) is 0.449. The zero-order valence-electron chi connectivity index (χ0n) is 17.5. The first kappa shape index (κ1) is 21.6. The largest absolute Gasteiger partial charge is 0.352 e. The number of aliphatic imine (C=N–C) groups is 1. The third-order valence-electron chi connectivity index (χ3n) is 4.66. The van der Waals surface area contributed by atoms with E-state index in [4.69, 9.17) is 0 Å². The minimum absolute atomic E-state index is 0.362. The van der Waals surface area contributed by atoms with E-state index in [-0.39, 0.29) is 0 Å². The molecule has 0 fully saturated rings. The van der Waals surface area contributed by atoms with E-state index in [2.05, 4.69) is 32.9 Å². The van der Waals surface area contributed by atoms with Crippen LogP contribution in [0.3, 0.4) is 0 Å². The highest BCUT2D eigenvalue weighted by Gasteiger charge is 2.11. The number of guanidine groups is 1. The van der Waals surface area contributed by atoms with Gasteiger partial charge in [0.2, 0.25) is 0 Å². The first-order valence-corrected chi connectivity index (χ1v) is 11.5. The summed E-state index contributed by atoms with van der Waals surface area (Å²) in [6.07, 6.45) is 5.08. The molecule has 30 heavy (non-hydrogen) atoms. The number of aromatic nitrogens is 2. The van der Waals surface area contributed by atoms with E-state index >= 15 is 0 Å². The fraction of sp³-hybridized carbons (Fsp3) is 0.273. The predicted molar refractivity (Wildman–Crippen MR) is 119 cm³/mol. The topological polar surface area (TPSA) is 88.4 Å². The highest BCUT2D eigenvalue weighted by molar-refractivity contribution is 7.90. The second-order valence-corrected chi connectivity index (χ2v) is 9.17. The van der Waals surface area contributed by atoms with Crippen LogP contribution in [0.15, 0.2) is 70.8 Å². The Morgan fingerprint density at radius 2 is 1.73 bits per heavy atom. The predicted octanol–water partition coefficient (Wildman–Crippen LogP) is 2.51. The van der Waals surface area contributed by atoms with Gasteiger partial charge in [-0.15, -0.1) is 0 Å². The lowest BCUT2D eigenvalue weighted by Gasteiger charge is -2.12. The summed E-state index contributed by atoms with van der Waals surface area (Å²) in [5.74, 6) is 0.663. The molecule has 3 rings (SSSR count). The van der Waals surface area contributed by atoms with Gasteiger partial charge in [0.05, 0.1) is 17.6 Å². The van der Waals surface area contributed by atoms with E-state index in [9.17, 15) is 8.42 Å². The number of sulfone groups is 1. The zero-order valence-corrected chi connectivity index (χ0v) is 18.3. The molecule has 3 aromatic rings. The van der Waals surface area contributed by atoms with Crippen molar-refractivity contribution < 1.29 is 8.42 Å². The van der Waals surface area contributed by atoms with Crippen molar-refractivity contribution in [2.24, 2.45) is 4.99 Å². The molecule has 0 atom stereocenters. The first-order valence-electron chi connectivity index (χ1n) is 9.64. The minimum atomic E-state index is -3.21. The molecule has 7 nitrogen and oxygen atoms in total. The molecule has 1 aromatic heterocycles. The van der Waals surface area contributed by atoms with E-state index in [1.54, 1.807) is 20.0 Å². The van der Waals surface area contributed by atoms with Gasteiger partial charge in [0.15, 0.2) is 15.8 Å². The van der Waals surface area contributed by atoms with Crippen molar-refractivity contribution in [3.8, 4) is 0 Å². The van der Waals surface area contributed by atoms with Gasteiger partial charge in [-0.2, -0.15) is 5.10 Å². The highest BCUT2D eigenvalue weighted by atomic mass is 32.2. The monoisotopic (exact) mass is 425 g/mol. The number of nitrogens with one attached hydrogen (secondary N) is 2. The summed E-state index contributed by atoms with van der Waals surface area (Å²) in [6, 6.07) is 15.5. The van der Waals surface area contributed by atoms with Crippen LogP contribution >= 0.6 is 0 Å². The summed E-state index contributed by atoms with van der Waals surface area (Å²) in [6.45, 7) is 3.68. The molecule has 0 radical (unpaired) electrons. The normalized spacial score (nSPS) is 12.0. The van der Waals surface area contributed by atoms with Crippen molar-refractivity contribution in [3.05, 3.63) is 83.2 Å². The summed E-state index contributed by atoms with van der Waals surface area (Å²) in [7, 11) is -1.49. The Balaban J connectivity index is 1.52. The van der Waals surface area contributed by atoms with Crippen molar-refractivity contribution in [2.75, 3.05) is 13.3 Å². The Kier molecular flexibility index (Phi) is 6.89. The number of hydrogen-bond donors (Lipinski definition) is 2. The molecule has 1 heterocycles. The summed E-state index contributed by atoms with van der Waals surface area (Å²) < 4.78 is 25.4. The second-order valence-electron chi connectivity index (χ2n) is 7.18.